The number of aliphatic hydroxyl groups excluding tert-OH is 1. The van der Waals surface area contributed by atoms with Crippen LogP contribution >= 0.6 is 0 Å². The lowest BCUT2D eigenvalue weighted by atomic mass is 9.43. The van der Waals surface area contributed by atoms with E-state index in [1.54, 1.807) is 6.20 Å². The van der Waals surface area contributed by atoms with E-state index in [1.807, 2.05) is 18.2 Å². The van der Waals surface area contributed by atoms with Gasteiger partial charge in [0, 0.05) is 6.20 Å². The Bertz CT molecular complexity index is 843. The van der Waals surface area contributed by atoms with Crippen molar-refractivity contribution in [3.63, 3.8) is 0 Å². The number of aliphatic hydroxyl groups is 2. The Balaban J connectivity index is 1.25. The number of hydrogen-bond acceptors (Lipinski definition) is 3. The van der Waals surface area contributed by atoms with Crippen molar-refractivity contribution in [2.75, 3.05) is 0 Å². The molecule has 4 aliphatic rings. The molecule has 0 radical (unpaired) electrons. The summed E-state index contributed by atoms with van der Waals surface area (Å²) >= 11 is 0. The highest BCUT2D eigenvalue weighted by molar-refractivity contribution is 5.11. The highest BCUT2D eigenvalue weighted by Gasteiger charge is 2.61. The molecular formula is C31H49NO2. The Labute approximate surface area is 208 Å². The van der Waals surface area contributed by atoms with Crippen molar-refractivity contribution in [1.82, 2.24) is 4.98 Å². The van der Waals surface area contributed by atoms with Crippen molar-refractivity contribution in [2.24, 2.45) is 46.3 Å². The number of fused-ring (bicyclic) bond motifs is 5. The molecule has 1 aromatic heterocycles. The second-order valence-electron chi connectivity index (χ2n) is 13.5. The summed E-state index contributed by atoms with van der Waals surface area (Å²) < 4.78 is 0. The van der Waals surface area contributed by atoms with Gasteiger partial charge in [-0.15, -0.1) is 0 Å². The average molecular weight is 468 g/mol. The van der Waals surface area contributed by atoms with E-state index >= 15 is 0 Å². The highest BCUT2D eigenvalue weighted by atomic mass is 16.3. The van der Waals surface area contributed by atoms with Gasteiger partial charge in [-0.3, -0.25) is 4.98 Å². The molecule has 0 aromatic carbocycles. The van der Waals surface area contributed by atoms with Gasteiger partial charge in [-0.05, 0) is 136 Å². The predicted octanol–water partition coefficient (Wildman–Crippen LogP) is 7.33. The van der Waals surface area contributed by atoms with Crippen LogP contribution in [0.5, 0.6) is 0 Å². The quantitative estimate of drug-likeness (QED) is 0.460. The Morgan fingerprint density at radius 3 is 2.50 bits per heavy atom. The Kier molecular flexibility index (Phi) is 6.68. The third-order valence-electron chi connectivity index (χ3n) is 12.2. The monoisotopic (exact) mass is 467 g/mol. The number of nitrogens with zero attached hydrogens (tertiary/aromatic N) is 1. The second kappa shape index (κ2) is 9.18. The van der Waals surface area contributed by atoms with Gasteiger partial charge in [0.05, 0.1) is 17.4 Å². The number of rotatable bonds is 6. The minimum atomic E-state index is -0.437. The van der Waals surface area contributed by atoms with Crippen LogP contribution in [0.2, 0.25) is 0 Å². The molecular weight excluding hydrogens is 418 g/mol. The predicted molar refractivity (Wildman–Crippen MR) is 138 cm³/mol. The maximum atomic E-state index is 11.1. The van der Waals surface area contributed by atoms with E-state index < -0.39 is 11.7 Å². The van der Waals surface area contributed by atoms with Crippen LogP contribution in [-0.2, 0) is 0 Å². The minimum Gasteiger partial charge on any atom is -0.390 e. The summed E-state index contributed by atoms with van der Waals surface area (Å²) in [7, 11) is 0. The number of hydrogen-bond donors (Lipinski definition) is 2. The van der Waals surface area contributed by atoms with Gasteiger partial charge >= 0.3 is 0 Å². The van der Waals surface area contributed by atoms with Crippen LogP contribution in [0.3, 0.4) is 0 Å². The Hall–Kier alpha value is -0.930. The number of pyridine rings is 1. The van der Waals surface area contributed by atoms with E-state index in [2.05, 4.69) is 32.7 Å². The van der Waals surface area contributed by atoms with E-state index in [0.717, 1.165) is 67.4 Å². The number of aromatic nitrogens is 1. The molecule has 0 saturated heterocycles. The molecule has 3 nitrogen and oxygen atoms in total. The van der Waals surface area contributed by atoms with Crippen molar-refractivity contribution < 1.29 is 10.2 Å². The van der Waals surface area contributed by atoms with Crippen LogP contribution in [0.15, 0.2) is 24.4 Å². The van der Waals surface area contributed by atoms with Crippen molar-refractivity contribution >= 4 is 0 Å². The van der Waals surface area contributed by atoms with Gasteiger partial charge in [0.25, 0.3) is 0 Å². The standard InChI is InChI=1S/C31H49NO2/c1-5-31(34)18-17-29(3)22(20-31)10-11-23-25-13-12-24(30(25,4)16-15-26(23)29)21(2)9-14-28(33)27-8-6-7-19-32-27/h6-8,19,21-26,28,33-34H,5,9-18,20H2,1-4H3/t21-,22?,23+,24-,25+,26+,28+,29+,30-,31+/m1/s1. The van der Waals surface area contributed by atoms with Crippen LogP contribution in [0, 0.1) is 46.3 Å². The lowest BCUT2D eigenvalue weighted by Crippen LogP contribution is -2.56. The molecule has 0 aliphatic heterocycles. The molecule has 2 N–H and O–H groups in total. The molecule has 34 heavy (non-hydrogen) atoms. The zero-order chi connectivity index (χ0) is 24.1. The zero-order valence-corrected chi connectivity index (χ0v) is 22.2. The molecule has 1 aromatic rings. The van der Waals surface area contributed by atoms with Crippen molar-refractivity contribution in [3.8, 4) is 0 Å². The van der Waals surface area contributed by atoms with Gasteiger partial charge in [-0.1, -0.05) is 33.8 Å². The summed E-state index contributed by atoms with van der Waals surface area (Å²) in [6, 6.07) is 5.84. The first-order valence-electron chi connectivity index (χ1n) is 14.5. The smallest absolute Gasteiger partial charge is 0.0959 e. The topological polar surface area (TPSA) is 53.4 Å². The normalized spacial score (nSPS) is 45.6. The molecule has 0 spiro atoms. The third kappa shape index (κ3) is 4.07. The molecule has 190 valence electrons. The summed E-state index contributed by atoms with van der Waals surface area (Å²) in [4.78, 5) is 4.37. The average Bonchev–Trinajstić information content (AvgIpc) is 3.20. The fraction of sp³-hybridized carbons (Fsp3) is 0.839. The molecule has 1 unspecified atom stereocenters. The van der Waals surface area contributed by atoms with Gasteiger partial charge in [0.1, 0.15) is 0 Å². The molecule has 0 bridgehead atoms. The third-order valence-corrected chi connectivity index (χ3v) is 12.2. The first-order chi connectivity index (χ1) is 16.2. The fourth-order valence-electron chi connectivity index (χ4n) is 9.96. The van der Waals surface area contributed by atoms with Crippen LogP contribution in [0.4, 0.5) is 0 Å². The second-order valence-corrected chi connectivity index (χ2v) is 13.5. The molecule has 4 aliphatic carbocycles. The maximum absolute atomic E-state index is 11.1. The molecule has 3 heteroatoms. The maximum Gasteiger partial charge on any atom is 0.0959 e. The van der Waals surface area contributed by atoms with Crippen LogP contribution in [0.1, 0.15) is 117 Å². The molecule has 5 rings (SSSR count). The molecule has 4 fully saturated rings. The zero-order valence-electron chi connectivity index (χ0n) is 22.2. The van der Waals surface area contributed by atoms with Crippen molar-refractivity contribution in [2.45, 2.75) is 116 Å². The first kappa shape index (κ1) is 24.8. The minimum absolute atomic E-state index is 0.395. The van der Waals surface area contributed by atoms with E-state index in [4.69, 9.17) is 0 Å². The van der Waals surface area contributed by atoms with Gasteiger partial charge in [-0.25, -0.2) is 0 Å². The van der Waals surface area contributed by atoms with Crippen LogP contribution < -0.4 is 0 Å². The van der Waals surface area contributed by atoms with E-state index in [9.17, 15) is 10.2 Å². The largest absolute Gasteiger partial charge is 0.390 e. The van der Waals surface area contributed by atoms with Gasteiger partial charge in [0.2, 0.25) is 0 Å². The van der Waals surface area contributed by atoms with Crippen molar-refractivity contribution in [1.29, 1.82) is 0 Å². The summed E-state index contributed by atoms with van der Waals surface area (Å²) in [5.41, 5.74) is 1.34. The Morgan fingerprint density at radius 1 is 0.971 bits per heavy atom. The molecule has 1 heterocycles. The summed E-state index contributed by atoms with van der Waals surface area (Å²) in [6.45, 7) is 9.89. The fourth-order valence-corrected chi connectivity index (χ4v) is 9.96. The SMILES string of the molecule is CC[C@]1(O)CC[C@@]2(C)C(CC[C@H]3[C@@H]4CC[C@H]([C@H](C)CC[C@H](O)c5ccccn5)[C@@]4(C)CC[C@@H]32)C1. The van der Waals surface area contributed by atoms with E-state index in [-0.39, 0.29) is 0 Å². The first-order valence-corrected chi connectivity index (χ1v) is 14.5. The van der Waals surface area contributed by atoms with Crippen molar-refractivity contribution in [3.05, 3.63) is 30.1 Å². The lowest BCUT2D eigenvalue weighted by molar-refractivity contribution is -0.152. The highest BCUT2D eigenvalue weighted by Crippen LogP contribution is 2.69. The molecule has 4 saturated carbocycles. The van der Waals surface area contributed by atoms with Gasteiger partial charge in [-0.2, -0.15) is 0 Å². The lowest BCUT2D eigenvalue weighted by Gasteiger charge is -2.62. The van der Waals surface area contributed by atoms with E-state index in [0.29, 0.717) is 16.7 Å². The van der Waals surface area contributed by atoms with Gasteiger partial charge < -0.3 is 10.2 Å². The molecule has 10 atom stereocenters. The summed E-state index contributed by atoms with van der Waals surface area (Å²) in [6.07, 6.45) is 15.8. The Morgan fingerprint density at radius 2 is 1.76 bits per heavy atom. The van der Waals surface area contributed by atoms with Crippen LogP contribution in [0.25, 0.3) is 0 Å². The summed E-state index contributed by atoms with van der Waals surface area (Å²) in [5, 5.41) is 21.7. The summed E-state index contributed by atoms with van der Waals surface area (Å²) in [5.74, 6) is 4.81. The van der Waals surface area contributed by atoms with Gasteiger partial charge in [0.15, 0.2) is 0 Å². The van der Waals surface area contributed by atoms with E-state index in [1.165, 1.54) is 44.9 Å². The molecule has 0 amide bonds. The van der Waals surface area contributed by atoms with Crippen LogP contribution in [-0.4, -0.2) is 20.8 Å².